The van der Waals surface area contributed by atoms with E-state index in [0.717, 1.165) is 17.9 Å². The second-order valence-electron chi connectivity index (χ2n) is 7.64. The highest BCUT2D eigenvalue weighted by Gasteiger charge is 2.27. The zero-order valence-corrected chi connectivity index (χ0v) is 12.8. The van der Waals surface area contributed by atoms with Crippen LogP contribution in [0.4, 0.5) is 0 Å². The van der Waals surface area contributed by atoms with Crippen molar-refractivity contribution in [2.75, 3.05) is 6.54 Å². The van der Waals surface area contributed by atoms with Crippen LogP contribution in [-0.4, -0.2) is 12.6 Å². The number of nitrogens with one attached hydrogen (secondary N) is 1. The van der Waals surface area contributed by atoms with Crippen molar-refractivity contribution in [2.24, 2.45) is 17.3 Å². The summed E-state index contributed by atoms with van der Waals surface area (Å²) in [4.78, 5) is 0. The van der Waals surface area contributed by atoms with Crippen molar-refractivity contribution in [3.05, 3.63) is 11.6 Å². The van der Waals surface area contributed by atoms with Gasteiger partial charge >= 0.3 is 0 Å². The molecule has 0 spiro atoms. The molecule has 1 nitrogen and oxygen atoms in total. The first-order valence-corrected chi connectivity index (χ1v) is 7.85. The van der Waals surface area contributed by atoms with Gasteiger partial charge in [0.1, 0.15) is 0 Å². The Morgan fingerprint density at radius 3 is 2.56 bits per heavy atom. The van der Waals surface area contributed by atoms with E-state index in [1.165, 1.54) is 45.1 Å². The monoisotopic (exact) mass is 249 g/mol. The average Bonchev–Trinajstić information content (AvgIpc) is 2.26. The van der Waals surface area contributed by atoms with Gasteiger partial charge in [-0.3, -0.25) is 0 Å². The molecule has 0 aromatic carbocycles. The van der Waals surface area contributed by atoms with Gasteiger partial charge in [-0.1, -0.05) is 32.4 Å². The second kappa shape index (κ2) is 5.77. The molecular weight excluding hydrogens is 218 g/mol. The van der Waals surface area contributed by atoms with Crippen molar-refractivity contribution in [3.8, 4) is 0 Å². The minimum atomic E-state index is 0.594. The van der Waals surface area contributed by atoms with Crippen LogP contribution in [0.25, 0.3) is 0 Å². The van der Waals surface area contributed by atoms with Crippen molar-refractivity contribution >= 4 is 0 Å². The normalized spacial score (nSPS) is 33.2. The van der Waals surface area contributed by atoms with Gasteiger partial charge in [0, 0.05) is 6.04 Å². The standard InChI is InChI=1S/C17H31N/c1-13-9-14(2)11-15(10-13)12-18-16-5-7-17(3,4)8-6-16/h9,13,15-16,18H,5-8,10-12H2,1-4H3. The highest BCUT2D eigenvalue weighted by atomic mass is 14.9. The van der Waals surface area contributed by atoms with Gasteiger partial charge in [-0.15, -0.1) is 0 Å². The molecule has 0 bridgehead atoms. The number of hydrogen-bond donors (Lipinski definition) is 1. The molecule has 0 radical (unpaired) electrons. The molecule has 2 rings (SSSR count). The molecular formula is C17H31N. The molecule has 0 saturated heterocycles. The molecule has 2 unspecified atom stereocenters. The molecule has 2 aliphatic carbocycles. The average molecular weight is 249 g/mol. The molecule has 0 aromatic rings. The van der Waals surface area contributed by atoms with Gasteiger partial charge in [-0.05, 0) is 69.2 Å². The lowest BCUT2D eigenvalue weighted by Crippen LogP contribution is -2.38. The zero-order chi connectivity index (χ0) is 13.2. The van der Waals surface area contributed by atoms with E-state index in [9.17, 15) is 0 Å². The van der Waals surface area contributed by atoms with Crippen molar-refractivity contribution in [2.45, 2.75) is 72.3 Å². The summed E-state index contributed by atoms with van der Waals surface area (Å²) in [6.45, 7) is 10.7. The Balaban J connectivity index is 1.71. The Bertz CT molecular complexity index is 293. The third-order valence-corrected chi connectivity index (χ3v) is 4.92. The van der Waals surface area contributed by atoms with E-state index < -0.39 is 0 Å². The van der Waals surface area contributed by atoms with E-state index in [-0.39, 0.29) is 0 Å². The molecule has 0 aliphatic heterocycles. The second-order valence-corrected chi connectivity index (χ2v) is 7.64. The maximum atomic E-state index is 3.84. The summed E-state index contributed by atoms with van der Waals surface area (Å²) >= 11 is 0. The lowest BCUT2D eigenvalue weighted by molar-refractivity contribution is 0.200. The predicted octanol–water partition coefficient (Wildman–Crippen LogP) is 4.54. The van der Waals surface area contributed by atoms with Crippen molar-refractivity contribution in [1.29, 1.82) is 0 Å². The molecule has 1 heteroatoms. The summed E-state index contributed by atoms with van der Waals surface area (Å²) in [5.41, 5.74) is 2.20. The molecule has 0 amide bonds. The number of hydrogen-bond acceptors (Lipinski definition) is 1. The fourth-order valence-corrected chi connectivity index (χ4v) is 3.78. The summed E-state index contributed by atoms with van der Waals surface area (Å²) in [7, 11) is 0. The Morgan fingerprint density at radius 1 is 1.28 bits per heavy atom. The van der Waals surface area contributed by atoms with Crippen LogP contribution in [0.3, 0.4) is 0 Å². The minimum absolute atomic E-state index is 0.594. The van der Waals surface area contributed by atoms with Crippen molar-refractivity contribution < 1.29 is 0 Å². The van der Waals surface area contributed by atoms with Gasteiger partial charge in [0.05, 0.1) is 0 Å². The van der Waals surface area contributed by atoms with Gasteiger partial charge in [0.15, 0.2) is 0 Å². The molecule has 1 saturated carbocycles. The van der Waals surface area contributed by atoms with Gasteiger partial charge in [0.25, 0.3) is 0 Å². The topological polar surface area (TPSA) is 12.0 Å². The van der Waals surface area contributed by atoms with Gasteiger partial charge in [-0.25, -0.2) is 0 Å². The number of rotatable bonds is 3. The van der Waals surface area contributed by atoms with Gasteiger partial charge in [0.2, 0.25) is 0 Å². The van der Waals surface area contributed by atoms with Gasteiger partial charge < -0.3 is 5.32 Å². The minimum Gasteiger partial charge on any atom is -0.314 e. The summed E-state index contributed by atoms with van der Waals surface area (Å²) in [6.07, 6.45) is 10.7. The van der Waals surface area contributed by atoms with Crippen molar-refractivity contribution in [3.63, 3.8) is 0 Å². The molecule has 2 aliphatic rings. The Kier molecular flexibility index (Phi) is 4.53. The van der Waals surface area contributed by atoms with E-state index in [1.807, 2.05) is 0 Å². The summed E-state index contributed by atoms with van der Waals surface area (Å²) in [6, 6.07) is 0.791. The van der Waals surface area contributed by atoms with E-state index >= 15 is 0 Å². The summed E-state index contributed by atoms with van der Waals surface area (Å²) in [5.74, 6) is 1.66. The Morgan fingerprint density at radius 2 is 1.94 bits per heavy atom. The number of allylic oxidation sites excluding steroid dienone is 2. The first-order chi connectivity index (χ1) is 8.44. The van der Waals surface area contributed by atoms with Gasteiger partial charge in [-0.2, -0.15) is 0 Å². The Labute approximate surface area is 113 Å². The molecule has 1 fully saturated rings. The van der Waals surface area contributed by atoms with Crippen LogP contribution in [0.1, 0.15) is 66.2 Å². The molecule has 0 heterocycles. The molecule has 0 aromatic heterocycles. The lowest BCUT2D eigenvalue weighted by Gasteiger charge is -2.36. The summed E-state index contributed by atoms with van der Waals surface area (Å²) < 4.78 is 0. The third-order valence-electron chi connectivity index (χ3n) is 4.92. The predicted molar refractivity (Wildman–Crippen MR) is 79.7 cm³/mol. The van der Waals surface area contributed by atoms with E-state index in [2.05, 4.69) is 39.1 Å². The highest BCUT2D eigenvalue weighted by Crippen LogP contribution is 2.35. The Hall–Kier alpha value is -0.300. The molecule has 104 valence electrons. The third kappa shape index (κ3) is 4.12. The van der Waals surface area contributed by atoms with Crippen LogP contribution in [0.5, 0.6) is 0 Å². The lowest BCUT2D eigenvalue weighted by atomic mass is 9.75. The molecule has 1 N–H and O–H groups in total. The fourth-order valence-electron chi connectivity index (χ4n) is 3.78. The largest absolute Gasteiger partial charge is 0.314 e. The van der Waals surface area contributed by atoms with E-state index in [1.54, 1.807) is 5.57 Å². The molecule has 18 heavy (non-hydrogen) atoms. The van der Waals surface area contributed by atoms with Crippen LogP contribution >= 0.6 is 0 Å². The fraction of sp³-hybridized carbons (Fsp3) is 0.882. The first kappa shape index (κ1) is 14.1. The van der Waals surface area contributed by atoms with Crippen LogP contribution in [-0.2, 0) is 0 Å². The quantitative estimate of drug-likeness (QED) is 0.724. The van der Waals surface area contributed by atoms with E-state index in [4.69, 9.17) is 0 Å². The van der Waals surface area contributed by atoms with Crippen LogP contribution in [0.2, 0.25) is 0 Å². The van der Waals surface area contributed by atoms with Crippen molar-refractivity contribution in [1.82, 2.24) is 5.32 Å². The van der Waals surface area contributed by atoms with Crippen LogP contribution in [0.15, 0.2) is 11.6 Å². The maximum absolute atomic E-state index is 3.84. The first-order valence-electron chi connectivity index (χ1n) is 7.85. The zero-order valence-electron chi connectivity index (χ0n) is 12.8. The smallest absolute Gasteiger partial charge is 0.00675 e. The molecule has 2 atom stereocenters. The SMILES string of the molecule is CC1=CC(C)CC(CNC2CCC(C)(C)CC2)C1. The maximum Gasteiger partial charge on any atom is 0.00675 e. The van der Waals surface area contributed by atoms with Crippen LogP contribution in [0, 0.1) is 17.3 Å². The van der Waals surface area contributed by atoms with E-state index in [0.29, 0.717) is 5.41 Å². The van der Waals surface area contributed by atoms with Crippen LogP contribution < -0.4 is 5.32 Å². The highest BCUT2D eigenvalue weighted by molar-refractivity contribution is 5.06. The summed E-state index contributed by atoms with van der Waals surface area (Å²) in [5, 5.41) is 3.84.